The van der Waals surface area contributed by atoms with Crippen LogP contribution in [0.4, 0.5) is 0 Å². The minimum Gasteiger partial charge on any atom is -0.479 e. The molecule has 0 spiro atoms. The van der Waals surface area contributed by atoms with Crippen molar-refractivity contribution in [2.24, 2.45) is 5.92 Å². The van der Waals surface area contributed by atoms with Crippen molar-refractivity contribution in [3.63, 3.8) is 0 Å². The third kappa shape index (κ3) is 6.06. The molecular weight excluding hydrogens is 516 g/mol. The molecule has 2 rings (SSSR count). The molecule has 2 atom stereocenters. The molecule has 6 nitrogen and oxygen atoms in total. The van der Waals surface area contributed by atoms with Crippen molar-refractivity contribution in [1.29, 1.82) is 0 Å². The number of ether oxygens (including phenoxy) is 3. The quantitative estimate of drug-likeness (QED) is 0.393. The van der Waals surface area contributed by atoms with Crippen LogP contribution < -0.4 is 0 Å². The van der Waals surface area contributed by atoms with Crippen LogP contribution in [0, 0.1) is 29.2 Å². The van der Waals surface area contributed by atoms with Gasteiger partial charge in [-0.2, -0.15) is 0 Å². The molecule has 1 aliphatic rings. The van der Waals surface area contributed by atoms with Crippen molar-refractivity contribution in [2.45, 2.75) is 83.1 Å². The minimum atomic E-state index is -3.88. The molecule has 1 aliphatic heterocycles. The van der Waals surface area contributed by atoms with E-state index in [1.165, 1.54) is 14.2 Å². The van der Waals surface area contributed by atoms with Crippen LogP contribution in [0.3, 0.4) is 0 Å². The van der Waals surface area contributed by atoms with Gasteiger partial charge < -0.3 is 19.3 Å². The standard InChI is InChI=1S/C30H44O6SSi/c1-22(2)29(6,7)38(10,11)19-17-24-15-13-12-14-23(24)16-18-30(35-9)21-36-27(25(20-31)26(30)34-8)37(32,33)28(3,4)5/h12-15,22,26,31H,20-21H2,1-11H3/t26-,30+/m1/s1. The summed E-state index contributed by atoms with van der Waals surface area (Å²) < 4.78 is 42.5. The van der Waals surface area contributed by atoms with Crippen molar-refractivity contribution in [2.75, 3.05) is 27.4 Å². The Labute approximate surface area is 231 Å². The summed E-state index contributed by atoms with van der Waals surface area (Å²) in [5.41, 5.74) is 3.89. The highest BCUT2D eigenvalue weighted by Gasteiger charge is 2.50. The van der Waals surface area contributed by atoms with Crippen LogP contribution >= 0.6 is 0 Å². The second kappa shape index (κ2) is 11.6. The molecule has 1 aromatic rings. The smallest absolute Gasteiger partial charge is 0.216 e. The fourth-order valence-electron chi connectivity index (χ4n) is 4.04. The van der Waals surface area contributed by atoms with E-state index in [9.17, 15) is 13.5 Å². The molecule has 0 saturated carbocycles. The molecule has 1 N–H and O–H groups in total. The van der Waals surface area contributed by atoms with Gasteiger partial charge in [-0.3, -0.25) is 0 Å². The van der Waals surface area contributed by atoms with Gasteiger partial charge in [-0.1, -0.05) is 70.7 Å². The zero-order valence-corrected chi connectivity index (χ0v) is 26.6. The molecule has 0 unspecified atom stereocenters. The third-order valence-corrected chi connectivity index (χ3v) is 15.2. The number of hydrogen-bond acceptors (Lipinski definition) is 6. The molecule has 0 amide bonds. The molecule has 38 heavy (non-hydrogen) atoms. The first kappa shape index (κ1) is 32.1. The summed E-state index contributed by atoms with van der Waals surface area (Å²) in [5, 5.41) is 10.1. The molecule has 0 radical (unpaired) electrons. The van der Waals surface area contributed by atoms with E-state index in [0.29, 0.717) is 5.92 Å². The topological polar surface area (TPSA) is 82.1 Å². The lowest BCUT2D eigenvalue weighted by atomic mass is 9.90. The van der Waals surface area contributed by atoms with Crippen molar-refractivity contribution >= 4 is 17.9 Å². The number of hydrogen-bond donors (Lipinski definition) is 1. The zero-order chi connectivity index (χ0) is 29.2. The van der Waals surface area contributed by atoms with Crippen LogP contribution in [-0.2, 0) is 24.0 Å². The van der Waals surface area contributed by atoms with E-state index in [4.69, 9.17) is 14.2 Å². The molecule has 8 heteroatoms. The number of benzene rings is 1. The van der Waals surface area contributed by atoms with Crippen molar-refractivity contribution in [3.8, 4) is 23.3 Å². The highest BCUT2D eigenvalue weighted by Crippen LogP contribution is 2.43. The Morgan fingerprint density at radius 1 is 1.11 bits per heavy atom. The van der Waals surface area contributed by atoms with Crippen molar-refractivity contribution < 1.29 is 27.7 Å². The summed E-state index contributed by atoms with van der Waals surface area (Å²) in [6.45, 7) is 17.6. The molecule has 1 heterocycles. The molecule has 0 aromatic heterocycles. The number of aliphatic hydroxyl groups excluding tert-OH is 1. The molecule has 210 valence electrons. The predicted molar refractivity (Wildman–Crippen MR) is 156 cm³/mol. The van der Waals surface area contributed by atoms with Gasteiger partial charge in [0.1, 0.15) is 20.8 Å². The Balaban J connectivity index is 2.62. The van der Waals surface area contributed by atoms with E-state index in [0.717, 1.165) is 11.1 Å². The maximum absolute atomic E-state index is 13.2. The van der Waals surface area contributed by atoms with E-state index in [-0.39, 0.29) is 22.3 Å². The molecule has 0 saturated heterocycles. The fourth-order valence-corrected chi connectivity index (χ4v) is 7.54. The molecule has 1 aromatic carbocycles. The highest BCUT2D eigenvalue weighted by atomic mass is 32.2. The highest BCUT2D eigenvalue weighted by molar-refractivity contribution is 7.96. The second-order valence-electron chi connectivity index (χ2n) is 12.1. The third-order valence-electron chi connectivity index (χ3n) is 8.14. The van der Waals surface area contributed by atoms with Crippen molar-refractivity contribution in [1.82, 2.24) is 0 Å². The van der Waals surface area contributed by atoms with Gasteiger partial charge in [0, 0.05) is 30.9 Å². The Hall–Kier alpha value is -2.07. The lowest BCUT2D eigenvalue weighted by Crippen LogP contribution is -2.54. The first-order valence-corrected chi connectivity index (χ1v) is 17.3. The Morgan fingerprint density at radius 3 is 2.11 bits per heavy atom. The summed E-state index contributed by atoms with van der Waals surface area (Å²) in [7, 11) is -2.89. The second-order valence-corrected chi connectivity index (χ2v) is 19.5. The van der Waals surface area contributed by atoms with Gasteiger partial charge in [-0.25, -0.2) is 8.42 Å². The number of rotatable bonds is 6. The monoisotopic (exact) mass is 560 g/mol. The predicted octanol–water partition coefficient (Wildman–Crippen LogP) is 4.92. The summed E-state index contributed by atoms with van der Waals surface area (Å²) >= 11 is 0. The summed E-state index contributed by atoms with van der Waals surface area (Å²) in [5.74, 6) is 10.2. The zero-order valence-electron chi connectivity index (χ0n) is 24.8. The molecule has 0 fully saturated rings. The average Bonchev–Trinajstić information content (AvgIpc) is 2.84. The Kier molecular flexibility index (Phi) is 9.79. The Morgan fingerprint density at radius 2 is 1.66 bits per heavy atom. The Bertz CT molecular complexity index is 1280. The lowest BCUT2D eigenvalue weighted by molar-refractivity contribution is -0.110. The van der Waals surface area contributed by atoms with Gasteiger partial charge >= 0.3 is 0 Å². The van der Waals surface area contributed by atoms with Gasteiger partial charge in [0.15, 0.2) is 5.60 Å². The number of aliphatic hydroxyl groups is 1. The van der Waals surface area contributed by atoms with Crippen LogP contribution in [0.5, 0.6) is 0 Å². The molecular formula is C30H44O6SSi. The van der Waals surface area contributed by atoms with Crippen molar-refractivity contribution in [3.05, 3.63) is 46.1 Å². The average molecular weight is 561 g/mol. The number of sulfone groups is 1. The molecule has 0 bridgehead atoms. The largest absolute Gasteiger partial charge is 0.479 e. The number of methoxy groups -OCH3 is 2. The summed E-state index contributed by atoms with van der Waals surface area (Å²) in [6, 6.07) is 7.67. The van der Waals surface area contributed by atoms with Crippen LogP contribution in [0.2, 0.25) is 18.1 Å². The van der Waals surface area contributed by atoms with Gasteiger partial charge in [0.05, 0.1) is 11.4 Å². The SMILES string of the molecule is CO[C@@H]1C(CO)=C(S(=O)(=O)C(C)(C)C)OC[C@]1(C#Cc1ccccc1C#C[Si](C)(C)C(C)(C)C(C)C)OC. The van der Waals surface area contributed by atoms with E-state index < -0.39 is 41.0 Å². The normalized spacial score (nSPS) is 20.8. The first-order valence-electron chi connectivity index (χ1n) is 12.9. The van der Waals surface area contributed by atoms with Crippen LogP contribution in [0.15, 0.2) is 34.9 Å². The van der Waals surface area contributed by atoms with E-state index >= 15 is 0 Å². The maximum atomic E-state index is 13.2. The van der Waals surface area contributed by atoms with Gasteiger partial charge in [-0.15, -0.1) is 5.54 Å². The fraction of sp³-hybridized carbons (Fsp3) is 0.600. The maximum Gasteiger partial charge on any atom is 0.216 e. The van der Waals surface area contributed by atoms with Crippen LogP contribution in [-0.4, -0.2) is 65.5 Å². The van der Waals surface area contributed by atoms with E-state index in [1.807, 2.05) is 24.3 Å². The van der Waals surface area contributed by atoms with Gasteiger partial charge in [0.25, 0.3) is 0 Å². The first-order chi connectivity index (χ1) is 17.4. The minimum absolute atomic E-state index is 0.0848. The van der Waals surface area contributed by atoms with E-state index in [1.54, 1.807) is 20.8 Å². The van der Waals surface area contributed by atoms with Gasteiger partial charge in [-0.05, 0) is 43.9 Å². The molecule has 0 aliphatic carbocycles. The summed E-state index contributed by atoms with van der Waals surface area (Å²) in [6.07, 6.45) is -0.956. The van der Waals surface area contributed by atoms with Gasteiger partial charge in [0.2, 0.25) is 14.9 Å². The van der Waals surface area contributed by atoms with Crippen LogP contribution in [0.25, 0.3) is 0 Å². The lowest BCUT2D eigenvalue weighted by Gasteiger charge is -2.40. The van der Waals surface area contributed by atoms with Crippen LogP contribution in [0.1, 0.15) is 59.6 Å². The summed E-state index contributed by atoms with van der Waals surface area (Å²) in [4.78, 5) is 0. The van der Waals surface area contributed by atoms with E-state index in [2.05, 4.69) is 64.1 Å².